The highest BCUT2D eigenvalue weighted by Gasteiger charge is 2.48. The van der Waals surface area contributed by atoms with Crippen molar-refractivity contribution in [3.8, 4) is 0 Å². The number of nitrogens with one attached hydrogen (secondary N) is 5. The molecule has 2 aliphatic rings. The lowest BCUT2D eigenvalue weighted by Gasteiger charge is -2.43. The predicted molar refractivity (Wildman–Crippen MR) is 124 cm³/mol. The highest BCUT2D eigenvalue weighted by atomic mass is 35.5. The van der Waals surface area contributed by atoms with E-state index in [0.717, 1.165) is 0 Å². The summed E-state index contributed by atoms with van der Waals surface area (Å²) in [6.07, 6.45) is -1.67. The molecule has 2 aliphatic heterocycles. The number of hydrogen-bond acceptors (Lipinski definition) is 5. The van der Waals surface area contributed by atoms with Crippen LogP contribution in [-0.2, 0) is 14.4 Å². The van der Waals surface area contributed by atoms with Crippen LogP contribution < -0.4 is 26.6 Å². The van der Waals surface area contributed by atoms with Gasteiger partial charge in [0.05, 0.1) is 44.4 Å². The molecule has 2 saturated heterocycles. The third kappa shape index (κ3) is 4.74. The molecule has 4 unspecified atom stereocenters. The van der Waals surface area contributed by atoms with Crippen LogP contribution in [0.5, 0.6) is 0 Å². The molecule has 0 bridgehead atoms. The van der Waals surface area contributed by atoms with Gasteiger partial charge in [0.25, 0.3) is 0 Å². The number of anilines is 2. The van der Waals surface area contributed by atoms with E-state index >= 15 is 0 Å². The quantitative estimate of drug-likeness (QED) is 0.427. The minimum absolute atomic E-state index is 0.151. The van der Waals surface area contributed by atoms with E-state index in [2.05, 4.69) is 26.6 Å². The molecule has 4 atom stereocenters. The summed E-state index contributed by atoms with van der Waals surface area (Å²) in [5, 5.41) is 15.5. The number of amides is 3. The molecular formula is C20H17Cl4N5O3. The second-order valence-electron chi connectivity index (χ2n) is 7.35. The number of piperidine rings is 1. The largest absolute Gasteiger partial charge is 0.352 e. The lowest BCUT2D eigenvalue weighted by atomic mass is 9.81. The van der Waals surface area contributed by atoms with Crippen molar-refractivity contribution in [3.05, 3.63) is 56.5 Å². The summed E-state index contributed by atoms with van der Waals surface area (Å²) in [4.78, 5) is 38.2. The van der Waals surface area contributed by atoms with Gasteiger partial charge in [0.15, 0.2) is 6.29 Å². The van der Waals surface area contributed by atoms with Crippen molar-refractivity contribution in [3.63, 3.8) is 0 Å². The van der Waals surface area contributed by atoms with Crippen LogP contribution in [0.4, 0.5) is 11.4 Å². The average molecular weight is 517 g/mol. The summed E-state index contributed by atoms with van der Waals surface area (Å²) < 4.78 is 0. The minimum Gasteiger partial charge on any atom is -0.352 e. The molecule has 0 aromatic heterocycles. The van der Waals surface area contributed by atoms with Crippen molar-refractivity contribution < 1.29 is 14.4 Å². The maximum absolute atomic E-state index is 13.0. The molecule has 5 N–H and O–H groups in total. The minimum atomic E-state index is -0.920. The van der Waals surface area contributed by atoms with Gasteiger partial charge in [0, 0.05) is 11.4 Å². The van der Waals surface area contributed by atoms with E-state index in [1.54, 1.807) is 36.4 Å². The summed E-state index contributed by atoms with van der Waals surface area (Å²) in [5.74, 6) is -3.05. The van der Waals surface area contributed by atoms with Gasteiger partial charge >= 0.3 is 0 Å². The molecule has 0 aliphatic carbocycles. The Kier molecular flexibility index (Phi) is 6.69. The summed E-state index contributed by atoms with van der Waals surface area (Å²) in [7, 11) is 0. The highest BCUT2D eigenvalue weighted by molar-refractivity contribution is 6.44. The normalized spacial score (nSPS) is 24.8. The molecule has 2 aromatic rings. The summed E-state index contributed by atoms with van der Waals surface area (Å²) in [6, 6.07) is 9.67. The molecule has 32 heavy (non-hydrogen) atoms. The van der Waals surface area contributed by atoms with Crippen molar-refractivity contribution in [1.82, 2.24) is 16.0 Å². The average Bonchev–Trinajstić information content (AvgIpc) is 2.72. The Labute approximate surface area is 203 Å². The van der Waals surface area contributed by atoms with Crippen molar-refractivity contribution in [2.45, 2.75) is 18.9 Å². The van der Waals surface area contributed by atoms with Crippen LogP contribution >= 0.6 is 46.4 Å². The van der Waals surface area contributed by atoms with E-state index in [-0.39, 0.29) is 22.4 Å². The first-order valence-electron chi connectivity index (χ1n) is 9.55. The van der Waals surface area contributed by atoms with Crippen molar-refractivity contribution >= 4 is 75.5 Å². The topological polar surface area (TPSA) is 111 Å². The maximum atomic E-state index is 13.0. The van der Waals surface area contributed by atoms with Gasteiger partial charge in [-0.05, 0) is 30.3 Å². The second-order valence-corrected chi connectivity index (χ2v) is 8.98. The van der Waals surface area contributed by atoms with Gasteiger partial charge in [0.2, 0.25) is 17.7 Å². The first-order valence-corrected chi connectivity index (χ1v) is 11.1. The summed E-state index contributed by atoms with van der Waals surface area (Å²) >= 11 is 24.2. The van der Waals surface area contributed by atoms with E-state index in [0.29, 0.717) is 21.4 Å². The van der Waals surface area contributed by atoms with Crippen LogP contribution in [0.25, 0.3) is 0 Å². The van der Waals surface area contributed by atoms with E-state index in [1.165, 1.54) is 0 Å². The molecule has 168 valence electrons. The zero-order valence-corrected chi connectivity index (χ0v) is 19.2. The van der Waals surface area contributed by atoms with Crippen LogP contribution in [0.2, 0.25) is 20.1 Å². The zero-order valence-electron chi connectivity index (χ0n) is 16.2. The van der Waals surface area contributed by atoms with E-state index in [4.69, 9.17) is 46.4 Å². The first kappa shape index (κ1) is 22.9. The maximum Gasteiger partial charge on any atom is 0.229 e. The molecular weight excluding hydrogens is 500 g/mol. The lowest BCUT2D eigenvalue weighted by Crippen LogP contribution is -2.72. The molecule has 0 spiro atoms. The van der Waals surface area contributed by atoms with Crippen LogP contribution in [0, 0.1) is 11.8 Å². The predicted octanol–water partition coefficient (Wildman–Crippen LogP) is 3.43. The summed E-state index contributed by atoms with van der Waals surface area (Å²) in [6.45, 7) is 0. The number of rotatable bonds is 4. The first-order chi connectivity index (χ1) is 15.2. The van der Waals surface area contributed by atoms with Gasteiger partial charge < -0.3 is 21.3 Å². The third-order valence-corrected chi connectivity index (χ3v) is 6.59. The number of carbonyl (C=O) groups is 3. The monoisotopic (exact) mass is 515 g/mol. The van der Waals surface area contributed by atoms with Gasteiger partial charge in [0.1, 0.15) is 0 Å². The molecule has 0 radical (unpaired) electrons. The Morgan fingerprint density at radius 2 is 1.75 bits per heavy atom. The highest BCUT2D eigenvalue weighted by Crippen LogP contribution is 2.33. The molecule has 2 heterocycles. The standard InChI is InChI=1S/C20H17Cl4N5O3/c21-8-4-5-12(11(23)6-8)26-20-28-17-15(19(32)29-20)9(7-14(30)27-17)18(31)25-13-3-1-2-10(22)16(13)24/h1-6,9,15,17,20,26,28H,7H2,(H,25,31)(H,27,30)(H,29,32). The van der Waals surface area contributed by atoms with Gasteiger partial charge in [-0.25, -0.2) is 0 Å². The number of fused-ring (bicyclic) bond motifs is 1. The molecule has 3 amide bonds. The Morgan fingerprint density at radius 3 is 2.50 bits per heavy atom. The molecule has 12 heteroatoms. The van der Waals surface area contributed by atoms with Crippen LogP contribution in [0.1, 0.15) is 6.42 Å². The Balaban J connectivity index is 1.51. The number of benzene rings is 2. The Morgan fingerprint density at radius 1 is 0.969 bits per heavy atom. The summed E-state index contributed by atoms with van der Waals surface area (Å²) in [5.41, 5.74) is 0.826. The van der Waals surface area contributed by atoms with Gasteiger partial charge in [-0.15, -0.1) is 0 Å². The Hall–Kier alpha value is -2.23. The van der Waals surface area contributed by atoms with E-state index in [1.807, 2.05) is 0 Å². The smallest absolute Gasteiger partial charge is 0.229 e. The van der Waals surface area contributed by atoms with Gasteiger partial charge in [-0.3, -0.25) is 19.7 Å². The Bertz CT molecular complexity index is 1100. The fourth-order valence-electron chi connectivity index (χ4n) is 3.74. The fourth-order valence-corrected chi connectivity index (χ4v) is 4.55. The van der Waals surface area contributed by atoms with Gasteiger partial charge in [-0.1, -0.05) is 52.5 Å². The SMILES string of the molecule is O=C1CC(C(=O)Nc2cccc(Cl)c2Cl)C2C(=O)NC(Nc3ccc(Cl)cc3Cl)NC2N1. The van der Waals surface area contributed by atoms with E-state index < -0.39 is 36.1 Å². The zero-order chi connectivity index (χ0) is 23.0. The number of carbonyl (C=O) groups excluding carboxylic acids is 3. The van der Waals surface area contributed by atoms with Crippen LogP contribution in [0.3, 0.4) is 0 Å². The molecule has 0 saturated carbocycles. The van der Waals surface area contributed by atoms with Crippen molar-refractivity contribution in [2.75, 3.05) is 10.6 Å². The molecule has 8 nitrogen and oxygen atoms in total. The second kappa shape index (κ2) is 9.33. The van der Waals surface area contributed by atoms with Gasteiger partial charge in [-0.2, -0.15) is 0 Å². The number of halogens is 4. The molecule has 2 aromatic carbocycles. The van der Waals surface area contributed by atoms with Crippen molar-refractivity contribution in [1.29, 1.82) is 0 Å². The fraction of sp³-hybridized carbons (Fsp3) is 0.250. The molecule has 4 rings (SSSR count). The van der Waals surface area contributed by atoms with Crippen LogP contribution in [0.15, 0.2) is 36.4 Å². The van der Waals surface area contributed by atoms with Crippen LogP contribution in [-0.4, -0.2) is 30.2 Å². The van der Waals surface area contributed by atoms with E-state index in [9.17, 15) is 14.4 Å². The third-order valence-electron chi connectivity index (χ3n) is 5.23. The lowest BCUT2D eigenvalue weighted by molar-refractivity contribution is -0.144. The number of hydrogen-bond donors (Lipinski definition) is 5. The molecule has 2 fully saturated rings. The van der Waals surface area contributed by atoms with Crippen molar-refractivity contribution in [2.24, 2.45) is 11.8 Å².